The van der Waals surface area contributed by atoms with Crippen molar-refractivity contribution in [3.8, 4) is 5.69 Å². The second-order valence-corrected chi connectivity index (χ2v) is 6.77. The Morgan fingerprint density at radius 3 is 2.41 bits per heavy atom. The third kappa shape index (κ3) is 3.14. The van der Waals surface area contributed by atoms with Gasteiger partial charge in [-0.2, -0.15) is 0 Å². The highest BCUT2D eigenvalue weighted by atomic mass is 16.5. The standard InChI is InChI=1S/C21H18N4O4/c1-11(2)29-21(28)16-17-19(24-15-9-4-3-8-14(15)23-17)25(18(16)22)13-7-5-6-12(10-13)20(26)27/h3-11H,22H2,1-2H3,(H,26,27)/p-1. The lowest BCUT2D eigenvalue weighted by atomic mass is 10.2. The fraction of sp³-hybridized carbons (Fsp3) is 0.143. The summed E-state index contributed by atoms with van der Waals surface area (Å²) in [6, 6.07) is 13.3. The summed E-state index contributed by atoms with van der Waals surface area (Å²) in [5.74, 6) is -1.88. The Morgan fingerprint density at radius 2 is 1.76 bits per heavy atom. The van der Waals surface area contributed by atoms with E-state index >= 15 is 0 Å². The van der Waals surface area contributed by atoms with Crippen LogP contribution < -0.4 is 10.8 Å². The van der Waals surface area contributed by atoms with E-state index in [1.165, 1.54) is 16.7 Å². The van der Waals surface area contributed by atoms with Crippen LogP contribution in [0.1, 0.15) is 34.6 Å². The molecular formula is C21H17N4O4-. The van der Waals surface area contributed by atoms with Crippen molar-refractivity contribution in [2.45, 2.75) is 20.0 Å². The number of nitrogen functional groups attached to an aromatic ring is 1. The van der Waals surface area contributed by atoms with Gasteiger partial charge in [0.25, 0.3) is 0 Å². The van der Waals surface area contributed by atoms with Crippen LogP contribution in [0.15, 0.2) is 48.5 Å². The zero-order valence-corrected chi connectivity index (χ0v) is 15.7. The molecule has 4 rings (SSSR count). The van der Waals surface area contributed by atoms with Gasteiger partial charge in [-0.05, 0) is 43.7 Å². The highest BCUT2D eigenvalue weighted by Gasteiger charge is 2.26. The third-order valence-corrected chi connectivity index (χ3v) is 4.38. The molecule has 2 heterocycles. The van der Waals surface area contributed by atoms with Gasteiger partial charge in [0, 0.05) is 5.69 Å². The SMILES string of the molecule is CC(C)OC(=O)c1c(N)n(-c2cccc(C(=O)[O-])c2)c2nc3ccccc3nc12. The number of esters is 1. The molecule has 0 fully saturated rings. The lowest BCUT2D eigenvalue weighted by molar-refractivity contribution is -0.255. The Morgan fingerprint density at radius 1 is 1.07 bits per heavy atom. The molecule has 0 aliphatic heterocycles. The number of para-hydroxylation sites is 2. The number of rotatable bonds is 4. The summed E-state index contributed by atoms with van der Waals surface area (Å²) in [6.07, 6.45) is -0.352. The van der Waals surface area contributed by atoms with E-state index in [0.29, 0.717) is 22.4 Å². The number of aromatic carboxylic acids is 1. The lowest BCUT2D eigenvalue weighted by Crippen LogP contribution is -2.22. The Balaban J connectivity index is 2.07. The number of benzene rings is 2. The Hall–Kier alpha value is -3.94. The van der Waals surface area contributed by atoms with E-state index in [-0.39, 0.29) is 28.6 Å². The van der Waals surface area contributed by atoms with E-state index in [2.05, 4.69) is 9.97 Å². The molecule has 0 amide bonds. The van der Waals surface area contributed by atoms with Gasteiger partial charge in [-0.25, -0.2) is 14.8 Å². The summed E-state index contributed by atoms with van der Waals surface area (Å²) in [5, 5.41) is 11.3. The van der Waals surface area contributed by atoms with Crippen molar-refractivity contribution in [2.75, 3.05) is 5.73 Å². The first-order valence-electron chi connectivity index (χ1n) is 8.96. The van der Waals surface area contributed by atoms with Gasteiger partial charge < -0.3 is 20.4 Å². The minimum atomic E-state index is -1.32. The van der Waals surface area contributed by atoms with Crippen LogP contribution in [-0.4, -0.2) is 32.6 Å². The normalized spacial score (nSPS) is 11.3. The van der Waals surface area contributed by atoms with Crippen molar-refractivity contribution >= 4 is 40.0 Å². The fourth-order valence-corrected chi connectivity index (χ4v) is 3.17. The van der Waals surface area contributed by atoms with Crippen LogP contribution in [-0.2, 0) is 4.74 Å². The predicted molar refractivity (Wildman–Crippen MR) is 106 cm³/mol. The summed E-state index contributed by atoms with van der Waals surface area (Å²) < 4.78 is 6.84. The molecule has 2 aromatic heterocycles. The van der Waals surface area contributed by atoms with E-state index in [4.69, 9.17) is 10.5 Å². The van der Waals surface area contributed by atoms with Crippen molar-refractivity contribution in [3.05, 3.63) is 59.7 Å². The lowest BCUT2D eigenvalue weighted by Gasteiger charge is -2.11. The van der Waals surface area contributed by atoms with E-state index < -0.39 is 11.9 Å². The number of ether oxygens (including phenoxy) is 1. The number of nitrogens with zero attached hydrogens (tertiary/aromatic N) is 3. The minimum absolute atomic E-state index is 0.0243. The number of fused-ring (bicyclic) bond motifs is 2. The molecule has 0 radical (unpaired) electrons. The molecule has 0 aliphatic rings. The zero-order chi connectivity index (χ0) is 20.7. The maximum atomic E-state index is 12.8. The number of aromatic nitrogens is 3. The molecule has 2 N–H and O–H groups in total. The topological polar surface area (TPSA) is 123 Å². The molecule has 0 saturated heterocycles. The third-order valence-electron chi connectivity index (χ3n) is 4.38. The van der Waals surface area contributed by atoms with Crippen LogP contribution in [0.4, 0.5) is 5.82 Å². The van der Waals surface area contributed by atoms with Gasteiger partial charge in [0.05, 0.1) is 23.1 Å². The molecule has 0 bridgehead atoms. The predicted octanol–water partition coefficient (Wildman–Crippen LogP) is 2.08. The van der Waals surface area contributed by atoms with Crippen molar-refractivity contribution < 1.29 is 19.4 Å². The van der Waals surface area contributed by atoms with E-state index in [1.54, 1.807) is 38.1 Å². The number of hydrogen-bond acceptors (Lipinski definition) is 7. The molecule has 8 nitrogen and oxygen atoms in total. The first kappa shape index (κ1) is 18.4. The number of carbonyl (C=O) groups is 2. The van der Waals surface area contributed by atoms with Gasteiger partial charge in [0.1, 0.15) is 16.9 Å². The molecule has 29 heavy (non-hydrogen) atoms. The van der Waals surface area contributed by atoms with E-state index in [9.17, 15) is 14.7 Å². The Bertz CT molecular complexity index is 1280. The molecular weight excluding hydrogens is 372 g/mol. The van der Waals surface area contributed by atoms with Crippen LogP contribution in [0.5, 0.6) is 0 Å². The molecule has 8 heteroatoms. The van der Waals surface area contributed by atoms with Crippen LogP contribution in [0.2, 0.25) is 0 Å². The smallest absolute Gasteiger partial charge is 0.344 e. The van der Waals surface area contributed by atoms with Gasteiger partial charge >= 0.3 is 5.97 Å². The first-order valence-corrected chi connectivity index (χ1v) is 8.96. The highest BCUT2D eigenvalue weighted by Crippen LogP contribution is 2.31. The quantitative estimate of drug-likeness (QED) is 0.530. The molecule has 0 saturated carbocycles. The second kappa shape index (κ2) is 6.90. The Kier molecular flexibility index (Phi) is 4.38. The summed E-state index contributed by atoms with van der Waals surface area (Å²) in [6.45, 7) is 3.47. The summed E-state index contributed by atoms with van der Waals surface area (Å²) >= 11 is 0. The maximum Gasteiger partial charge on any atom is 0.344 e. The van der Waals surface area contributed by atoms with Gasteiger partial charge in [0.2, 0.25) is 0 Å². The first-order chi connectivity index (χ1) is 13.9. The maximum absolute atomic E-state index is 12.8. The van der Waals surface area contributed by atoms with Crippen LogP contribution in [0, 0.1) is 0 Å². The van der Waals surface area contributed by atoms with Gasteiger partial charge in [-0.15, -0.1) is 0 Å². The molecule has 4 aromatic rings. The second-order valence-electron chi connectivity index (χ2n) is 6.77. The zero-order valence-electron chi connectivity index (χ0n) is 15.7. The largest absolute Gasteiger partial charge is 0.545 e. The van der Waals surface area contributed by atoms with Gasteiger partial charge in [-0.3, -0.25) is 4.57 Å². The van der Waals surface area contributed by atoms with Crippen molar-refractivity contribution in [2.24, 2.45) is 0 Å². The average Bonchev–Trinajstić information content (AvgIpc) is 2.96. The number of hydrogen-bond donors (Lipinski definition) is 1. The van der Waals surface area contributed by atoms with E-state index in [1.807, 2.05) is 12.1 Å². The van der Waals surface area contributed by atoms with Crippen LogP contribution in [0.25, 0.3) is 27.9 Å². The molecule has 0 unspecified atom stereocenters. The molecule has 0 spiro atoms. The number of carbonyl (C=O) groups excluding carboxylic acids is 2. The summed E-state index contributed by atoms with van der Waals surface area (Å²) in [4.78, 5) is 33.2. The van der Waals surface area contributed by atoms with E-state index in [0.717, 1.165) is 0 Å². The van der Waals surface area contributed by atoms with Crippen LogP contribution in [0.3, 0.4) is 0 Å². The number of carboxylic acids is 1. The van der Waals surface area contributed by atoms with Crippen molar-refractivity contribution in [3.63, 3.8) is 0 Å². The van der Waals surface area contributed by atoms with Crippen molar-refractivity contribution in [1.29, 1.82) is 0 Å². The monoisotopic (exact) mass is 389 g/mol. The van der Waals surface area contributed by atoms with Gasteiger partial charge in [-0.1, -0.05) is 24.3 Å². The average molecular weight is 389 g/mol. The summed E-state index contributed by atoms with van der Waals surface area (Å²) in [7, 11) is 0. The van der Waals surface area contributed by atoms with Crippen molar-refractivity contribution in [1.82, 2.24) is 14.5 Å². The molecule has 2 aromatic carbocycles. The number of carboxylic acid groups (broad SMARTS) is 1. The fourth-order valence-electron chi connectivity index (χ4n) is 3.17. The number of nitrogens with two attached hydrogens (primary N) is 1. The minimum Gasteiger partial charge on any atom is -0.545 e. The molecule has 0 atom stereocenters. The summed E-state index contributed by atoms with van der Waals surface area (Å²) in [5.41, 5.74) is 8.63. The van der Waals surface area contributed by atoms with Crippen LogP contribution >= 0.6 is 0 Å². The number of anilines is 1. The molecule has 0 aliphatic carbocycles. The molecule has 146 valence electrons. The Labute approximate surface area is 165 Å². The van der Waals surface area contributed by atoms with Gasteiger partial charge in [0.15, 0.2) is 5.65 Å². The highest BCUT2D eigenvalue weighted by molar-refractivity contribution is 6.09.